The number of carbonyl (C=O) groups excluding carboxylic acids is 2. The Morgan fingerprint density at radius 2 is 1.44 bits per heavy atom. The van der Waals surface area contributed by atoms with Gasteiger partial charge in [0.05, 0.1) is 40.6 Å². The average molecular weight is 451 g/mol. The fourth-order valence-electron chi connectivity index (χ4n) is 1.95. The Bertz CT molecular complexity index is 437. The summed E-state index contributed by atoms with van der Waals surface area (Å²) in [6.45, 7) is 14.7. The number of halogens is 1. The Kier molecular flexibility index (Phi) is 16.1. The molecule has 0 atom stereocenters. The van der Waals surface area contributed by atoms with Crippen LogP contribution in [0, 0.1) is 0 Å². The first-order chi connectivity index (χ1) is 13.0. The minimum Gasteiger partial charge on any atom is -0.466 e. The molecule has 2 aliphatic heterocycles. The Balaban J connectivity index is 0.000000412. The van der Waals surface area contributed by atoms with Crippen LogP contribution in [0.2, 0.25) is 0 Å². The highest BCUT2D eigenvalue weighted by Crippen LogP contribution is 2.02. The number of nitrogens with zero attached hydrogens (tertiary/aromatic N) is 1. The molecule has 1 N–H and O–H groups in total. The third-order valence-corrected chi connectivity index (χ3v) is 4.15. The number of morpholine rings is 2. The van der Waals surface area contributed by atoms with E-state index in [0.717, 1.165) is 52.6 Å². The van der Waals surface area contributed by atoms with Crippen LogP contribution in [-0.2, 0) is 28.5 Å². The van der Waals surface area contributed by atoms with Gasteiger partial charge in [0.15, 0.2) is 0 Å². The molecule has 0 aromatic rings. The third kappa shape index (κ3) is 13.5. The van der Waals surface area contributed by atoms with Crippen molar-refractivity contribution in [1.82, 2.24) is 10.2 Å². The Hall–Kier alpha value is -1.26. The lowest BCUT2D eigenvalue weighted by molar-refractivity contribution is -0.137. The molecule has 0 aromatic heterocycles. The first-order valence-electron chi connectivity index (χ1n) is 8.62. The molecule has 2 fully saturated rings. The minimum absolute atomic E-state index is 0.327. The average Bonchev–Trinajstić information content (AvgIpc) is 2.74. The summed E-state index contributed by atoms with van der Waals surface area (Å²) in [7, 11) is 2.70. The van der Waals surface area contributed by atoms with E-state index in [1.165, 1.54) is 14.2 Å². The lowest BCUT2D eigenvalue weighted by atomic mass is 10.2. The van der Waals surface area contributed by atoms with E-state index in [0.29, 0.717) is 23.0 Å². The van der Waals surface area contributed by atoms with Crippen molar-refractivity contribution in [3.05, 3.63) is 24.3 Å². The van der Waals surface area contributed by atoms with Crippen LogP contribution in [0.25, 0.3) is 0 Å². The summed E-state index contributed by atoms with van der Waals surface area (Å²) in [6.07, 6.45) is 0. The topological polar surface area (TPSA) is 86.3 Å². The number of methoxy groups -OCH3 is 2. The minimum atomic E-state index is -0.359. The van der Waals surface area contributed by atoms with Crippen molar-refractivity contribution >= 4 is 27.9 Å². The number of rotatable bonds is 5. The summed E-state index contributed by atoms with van der Waals surface area (Å²) in [4.78, 5) is 23.5. The Morgan fingerprint density at radius 3 is 1.78 bits per heavy atom. The number of nitrogens with one attached hydrogen (secondary N) is 1. The van der Waals surface area contributed by atoms with Crippen molar-refractivity contribution in [2.24, 2.45) is 0 Å². The molecule has 0 unspecified atom stereocenters. The summed E-state index contributed by atoms with van der Waals surface area (Å²) in [5.74, 6) is -0.687. The molecule has 0 amide bonds. The maximum atomic E-state index is 11.0. The Morgan fingerprint density at radius 1 is 0.963 bits per heavy atom. The zero-order valence-electron chi connectivity index (χ0n) is 16.3. The van der Waals surface area contributed by atoms with Crippen molar-refractivity contribution in [2.75, 3.05) is 78.7 Å². The summed E-state index contributed by atoms with van der Waals surface area (Å²) in [6, 6.07) is 0. The van der Waals surface area contributed by atoms with Gasteiger partial charge >= 0.3 is 11.9 Å². The van der Waals surface area contributed by atoms with E-state index < -0.39 is 0 Å². The second-order valence-electron chi connectivity index (χ2n) is 5.57. The summed E-state index contributed by atoms with van der Waals surface area (Å²) >= 11 is 3.06. The van der Waals surface area contributed by atoms with Gasteiger partial charge in [0, 0.05) is 49.2 Å². The van der Waals surface area contributed by atoms with Gasteiger partial charge in [-0.2, -0.15) is 0 Å². The molecule has 0 aliphatic carbocycles. The molecule has 2 aliphatic rings. The van der Waals surface area contributed by atoms with E-state index in [-0.39, 0.29) is 11.9 Å². The molecule has 0 aromatic carbocycles. The first kappa shape index (κ1) is 25.7. The van der Waals surface area contributed by atoms with Gasteiger partial charge in [-0.15, -0.1) is 0 Å². The van der Waals surface area contributed by atoms with E-state index in [2.05, 4.69) is 48.8 Å². The molecule has 9 heteroatoms. The maximum Gasteiger partial charge on any atom is 0.334 e. The molecule has 0 bridgehead atoms. The highest BCUT2D eigenvalue weighted by atomic mass is 79.9. The third-order valence-electron chi connectivity index (χ3n) is 3.47. The van der Waals surface area contributed by atoms with E-state index >= 15 is 0 Å². The van der Waals surface area contributed by atoms with Gasteiger partial charge in [0.2, 0.25) is 0 Å². The number of esters is 2. The quantitative estimate of drug-likeness (QED) is 0.373. The van der Waals surface area contributed by atoms with E-state index in [1.807, 2.05) is 0 Å². The predicted octanol–water partition coefficient (Wildman–Crippen LogP) is 0.765. The number of alkyl halides is 1. The van der Waals surface area contributed by atoms with Gasteiger partial charge in [-0.1, -0.05) is 29.1 Å². The SMILES string of the molecule is C1COCCN1.C=C(CBr)C(=O)OC.C=C(CN1CCOCC1)C(=O)OC. The van der Waals surface area contributed by atoms with Gasteiger partial charge in [0.25, 0.3) is 0 Å². The van der Waals surface area contributed by atoms with Crippen LogP contribution in [0.4, 0.5) is 0 Å². The standard InChI is InChI=1S/C9H15NO3.C5H7BrO2.C4H9NO/c1-8(9(11)12-2)7-10-3-5-13-6-4-10;1-4(3-6)5(7)8-2;1-3-6-4-2-5-1/h1,3-7H2,2H3;1,3H2,2H3;5H,1-4H2. The van der Waals surface area contributed by atoms with Crippen LogP contribution in [0.3, 0.4) is 0 Å². The van der Waals surface area contributed by atoms with Crippen LogP contribution >= 0.6 is 15.9 Å². The lowest BCUT2D eigenvalue weighted by Crippen LogP contribution is -2.38. The Labute approximate surface area is 170 Å². The van der Waals surface area contributed by atoms with Crippen molar-refractivity contribution in [1.29, 1.82) is 0 Å². The van der Waals surface area contributed by atoms with Crippen molar-refractivity contribution in [2.45, 2.75) is 0 Å². The molecular formula is C18H31BrN2O6. The van der Waals surface area contributed by atoms with Crippen molar-refractivity contribution in [3.8, 4) is 0 Å². The second-order valence-corrected chi connectivity index (χ2v) is 6.14. The molecule has 0 saturated carbocycles. The number of hydrogen-bond acceptors (Lipinski definition) is 8. The number of hydrogen-bond donors (Lipinski definition) is 1. The molecule has 0 radical (unpaired) electrons. The van der Waals surface area contributed by atoms with Gasteiger partial charge in [-0.05, 0) is 0 Å². The molecule has 2 rings (SSSR count). The highest BCUT2D eigenvalue weighted by Gasteiger charge is 2.14. The van der Waals surface area contributed by atoms with E-state index in [4.69, 9.17) is 9.47 Å². The second kappa shape index (κ2) is 16.9. The molecule has 8 nitrogen and oxygen atoms in total. The van der Waals surface area contributed by atoms with Crippen LogP contribution in [0.5, 0.6) is 0 Å². The summed E-state index contributed by atoms with van der Waals surface area (Å²) in [5.41, 5.74) is 0.942. The summed E-state index contributed by atoms with van der Waals surface area (Å²) in [5, 5.41) is 3.63. The van der Waals surface area contributed by atoms with Gasteiger partial charge in [0.1, 0.15) is 0 Å². The highest BCUT2D eigenvalue weighted by molar-refractivity contribution is 9.09. The fraction of sp³-hybridized carbons (Fsp3) is 0.667. The molecule has 2 saturated heterocycles. The predicted molar refractivity (Wildman–Crippen MR) is 107 cm³/mol. The molecule has 156 valence electrons. The fourth-order valence-corrected chi connectivity index (χ4v) is 2.18. The molecule has 27 heavy (non-hydrogen) atoms. The van der Waals surface area contributed by atoms with Crippen LogP contribution < -0.4 is 5.32 Å². The van der Waals surface area contributed by atoms with Crippen LogP contribution in [0.15, 0.2) is 24.3 Å². The van der Waals surface area contributed by atoms with E-state index in [9.17, 15) is 9.59 Å². The maximum absolute atomic E-state index is 11.0. The molecular weight excluding hydrogens is 420 g/mol. The number of carbonyl (C=O) groups is 2. The van der Waals surface area contributed by atoms with Gasteiger partial charge in [-0.25, -0.2) is 9.59 Å². The zero-order valence-corrected chi connectivity index (χ0v) is 17.8. The molecule has 2 heterocycles. The molecule has 0 spiro atoms. The zero-order chi connectivity index (χ0) is 20.5. The number of ether oxygens (including phenoxy) is 4. The summed E-state index contributed by atoms with van der Waals surface area (Å²) < 4.78 is 19.1. The lowest BCUT2D eigenvalue weighted by Gasteiger charge is -2.26. The van der Waals surface area contributed by atoms with Crippen LogP contribution in [0.1, 0.15) is 0 Å². The monoisotopic (exact) mass is 450 g/mol. The van der Waals surface area contributed by atoms with E-state index in [1.54, 1.807) is 0 Å². The normalized spacial score (nSPS) is 16.6. The largest absolute Gasteiger partial charge is 0.466 e. The van der Waals surface area contributed by atoms with Crippen molar-refractivity contribution < 1.29 is 28.5 Å². The van der Waals surface area contributed by atoms with Crippen molar-refractivity contribution in [3.63, 3.8) is 0 Å². The van der Waals surface area contributed by atoms with Crippen LogP contribution in [-0.4, -0.2) is 95.5 Å². The first-order valence-corrected chi connectivity index (χ1v) is 9.75. The van der Waals surface area contributed by atoms with Gasteiger partial charge in [-0.3, -0.25) is 4.90 Å². The van der Waals surface area contributed by atoms with Gasteiger partial charge < -0.3 is 24.3 Å². The smallest absolute Gasteiger partial charge is 0.334 e.